The minimum Gasteiger partial charge on any atom is -0.369 e. The molecule has 1 aromatic rings. The largest absolute Gasteiger partial charge is 0.369 e. The van der Waals surface area contributed by atoms with Crippen LogP contribution in [0.15, 0.2) is 24.3 Å². The molecule has 0 bridgehead atoms. The fourth-order valence-corrected chi connectivity index (χ4v) is 2.47. The fourth-order valence-electron chi connectivity index (χ4n) is 2.47. The van der Waals surface area contributed by atoms with Gasteiger partial charge in [-0.1, -0.05) is 25.1 Å². The number of hydrogen-bond acceptors (Lipinski definition) is 3. The molecule has 0 spiro atoms. The van der Waals surface area contributed by atoms with Gasteiger partial charge in [0.1, 0.15) is 0 Å². The first-order chi connectivity index (χ1) is 8.70. The summed E-state index contributed by atoms with van der Waals surface area (Å²) in [5.74, 6) is 0. The lowest BCUT2D eigenvalue weighted by atomic mass is 10.0. The number of anilines is 1. The summed E-state index contributed by atoms with van der Waals surface area (Å²) in [6.07, 6.45) is 2.02. The summed E-state index contributed by atoms with van der Waals surface area (Å²) in [6.45, 7) is 6.69. The van der Waals surface area contributed by atoms with Crippen LogP contribution >= 0.6 is 0 Å². The fraction of sp³-hybridized carbons (Fsp3) is 0.600. The Kier molecular flexibility index (Phi) is 4.61. The second kappa shape index (κ2) is 6.21. The van der Waals surface area contributed by atoms with Crippen molar-refractivity contribution in [2.24, 2.45) is 5.73 Å². The second-order valence-electron chi connectivity index (χ2n) is 5.29. The molecular weight excluding hydrogens is 222 g/mol. The van der Waals surface area contributed by atoms with Gasteiger partial charge in [0, 0.05) is 37.9 Å². The van der Waals surface area contributed by atoms with Gasteiger partial charge in [-0.3, -0.25) is 0 Å². The minimum atomic E-state index is 0.276. The van der Waals surface area contributed by atoms with Crippen LogP contribution in [0.1, 0.15) is 18.9 Å². The molecule has 1 aromatic carbocycles. The minimum absolute atomic E-state index is 0.276. The Hall–Kier alpha value is -1.06. The molecule has 0 radical (unpaired) electrons. The predicted molar refractivity (Wildman–Crippen MR) is 78.1 cm³/mol. The zero-order valence-corrected chi connectivity index (χ0v) is 11.6. The van der Waals surface area contributed by atoms with Gasteiger partial charge in [0.2, 0.25) is 0 Å². The van der Waals surface area contributed by atoms with Crippen LogP contribution < -0.4 is 10.6 Å². The highest BCUT2D eigenvalue weighted by Gasteiger charge is 2.17. The number of nitrogens with zero attached hydrogens (tertiary/aromatic N) is 2. The molecule has 1 heterocycles. The van der Waals surface area contributed by atoms with Gasteiger partial charge in [-0.2, -0.15) is 0 Å². The van der Waals surface area contributed by atoms with E-state index in [1.54, 1.807) is 0 Å². The van der Waals surface area contributed by atoms with Gasteiger partial charge in [-0.25, -0.2) is 0 Å². The maximum absolute atomic E-state index is 6.10. The first-order valence-corrected chi connectivity index (χ1v) is 6.97. The van der Waals surface area contributed by atoms with Gasteiger partial charge >= 0.3 is 0 Å². The van der Waals surface area contributed by atoms with Crippen LogP contribution in [0.3, 0.4) is 0 Å². The number of rotatable bonds is 4. The summed E-state index contributed by atoms with van der Waals surface area (Å²) in [7, 11) is 2.19. The van der Waals surface area contributed by atoms with E-state index in [0.717, 1.165) is 39.0 Å². The number of benzene rings is 1. The van der Waals surface area contributed by atoms with Gasteiger partial charge in [0.25, 0.3) is 0 Å². The summed E-state index contributed by atoms with van der Waals surface area (Å²) in [5.41, 5.74) is 8.88. The van der Waals surface area contributed by atoms with E-state index in [0.29, 0.717) is 0 Å². The molecule has 1 aliphatic heterocycles. The van der Waals surface area contributed by atoms with Crippen molar-refractivity contribution >= 4 is 5.69 Å². The molecule has 0 amide bonds. The number of likely N-dealkylation sites (N-methyl/N-ethyl adjacent to an activating group) is 1. The molecule has 18 heavy (non-hydrogen) atoms. The molecular formula is C15H25N3. The molecule has 1 unspecified atom stereocenters. The monoisotopic (exact) mass is 247 g/mol. The lowest BCUT2D eigenvalue weighted by Gasteiger charge is -2.35. The van der Waals surface area contributed by atoms with Crippen molar-refractivity contribution in [1.29, 1.82) is 0 Å². The Labute approximate surface area is 111 Å². The van der Waals surface area contributed by atoms with Crippen LogP contribution in [0.25, 0.3) is 0 Å². The Balaban J connectivity index is 2.11. The zero-order chi connectivity index (χ0) is 13.0. The van der Waals surface area contributed by atoms with Gasteiger partial charge in [-0.05, 0) is 31.5 Å². The van der Waals surface area contributed by atoms with Gasteiger partial charge in [0.15, 0.2) is 0 Å². The summed E-state index contributed by atoms with van der Waals surface area (Å²) in [5, 5.41) is 0. The molecule has 1 saturated heterocycles. The Morgan fingerprint density at radius 1 is 1.17 bits per heavy atom. The smallest absolute Gasteiger partial charge is 0.0400 e. The van der Waals surface area contributed by atoms with Crippen LogP contribution in [0.4, 0.5) is 5.69 Å². The van der Waals surface area contributed by atoms with Gasteiger partial charge in [0.05, 0.1) is 0 Å². The Bertz CT molecular complexity index is 370. The molecule has 0 aliphatic carbocycles. The van der Waals surface area contributed by atoms with Crippen molar-refractivity contribution in [3.05, 3.63) is 29.8 Å². The van der Waals surface area contributed by atoms with Crippen LogP contribution in [-0.2, 0) is 6.42 Å². The molecule has 1 aliphatic rings. The van der Waals surface area contributed by atoms with Crippen molar-refractivity contribution in [2.75, 3.05) is 38.1 Å². The summed E-state index contributed by atoms with van der Waals surface area (Å²) in [6, 6.07) is 9.00. The van der Waals surface area contributed by atoms with E-state index >= 15 is 0 Å². The quantitative estimate of drug-likeness (QED) is 0.879. The van der Waals surface area contributed by atoms with E-state index in [2.05, 4.69) is 48.0 Å². The Morgan fingerprint density at radius 3 is 2.50 bits per heavy atom. The second-order valence-corrected chi connectivity index (χ2v) is 5.29. The van der Waals surface area contributed by atoms with Crippen LogP contribution in [0.2, 0.25) is 0 Å². The van der Waals surface area contributed by atoms with Gasteiger partial charge < -0.3 is 15.5 Å². The van der Waals surface area contributed by atoms with Crippen molar-refractivity contribution in [2.45, 2.75) is 25.8 Å². The zero-order valence-electron chi connectivity index (χ0n) is 11.6. The predicted octanol–water partition coefficient (Wildman–Crippen LogP) is 1.72. The lowest BCUT2D eigenvalue weighted by Crippen LogP contribution is -2.45. The molecule has 3 nitrogen and oxygen atoms in total. The third-order valence-electron chi connectivity index (χ3n) is 3.84. The highest BCUT2D eigenvalue weighted by molar-refractivity contribution is 5.54. The van der Waals surface area contributed by atoms with Gasteiger partial charge in [-0.15, -0.1) is 0 Å². The van der Waals surface area contributed by atoms with E-state index < -0.39 is 0 Å². The summed E-state index contributed by atoms with van der Waals surface area (Å²) >= 11 is 0. The van der Waals surface area contributed by atoms with E-state index in [-0.39, 0.29) is 6.04 Å². The molecule has 0 aromatic heterocycles. The number of nitrogens with two attached hydrogens (primary N) is 1. The van der Waals surface area contributed by atoms with Crippen molar-refractivity contribution in [1.82, 2.24) is 4.90 Å². The third-order valence-corrected chi connectivity index (χ3v) is 3.84. The van der Waals surface area contributed by atoms with E-state index in [9.17, 15) is 0 Å². The first-order valence-electron chi connectivity index (χ1n) is 6.97. The first kappa shape index (κ1) is 13.4. The highest BCUT2D eigenvalue weighted by atomic mass is 15.2. The maximum Gasteiger partial charge on any atom is 0.0400 e. The molecule has 100 valence electrons. The molecule has 1 fully saturated rings. The van der Waals surface area contributed by atoms with E-state index in [1.165, 1.54) is 11.3 Å². The van der Waals surface area contributed by atoms with Crippen molar-refractivity contribution < 1.29 is 0 Å². The molecule has 0 saturated carbocycles. The lowest BCUT2D eigenvalue weighted by molar-refractivity contribution is 0.312. The van der Waals surface area contributed by atoms with Crippen LogP contribution in [-0.4, -0.2) is 44.2 Å². The molecule has 2 rings (SSSR count). The van der Waals surface area contributed by atoms with Crippen molar-refractivity contribution in [3.63, 3.8) is 0 Å². The normalized spacial score (nSPS) is 18.9. The topological polar surface area (TPSA) is 32.5 Å². The standard InChI is InChI=1S/C15H25N3/c1-3-14(16)12-13-6-4-5-7-15(13)18-10-8-17(2)9-11-18/h4-7,14H,3,8-12,16H2,1-2H3. The number of para-hydroxylation sites is 1. The van der Waals surface area contributed by atoms with Crippen LogP contribution in [0.5, 0.6) is 0 Å². The average Bonchev–Trinajstić information content (AvgIpc) is 2.40. The number of piperazine rings is 1. The maximum atomic E-state index is 6.10. The molecule has 3 heteroatoms. The Morgan fingerprint density at radius 2 is 1.83 bits per heavy atom. The third kappa shape index (κ3) is 3.24. The molecule has 1 atom stereocenters. The van der Waals surface area contributed by atoms with Crippen LogP contribution in [0, 0.1) is 0 Å². The van der Waals surface area contributed by atoms with Crippen molar-refractivity contribution in [3.8, 4) is 0 Å². The average molecular weight is 247 g/mol. The highest BCUT2D eigenvalue weighted by Crippen LogP contribution is 2.23. The summed E-state index contributed by atoms with van der Waals surface area (Å²) < 4.78 is 0. The summed E-state index contributed by atoms with van der Waals surface area (Å²) in [4.78, 5) is 4.88. The van der Waals surface area contributed by atoms with E-state index in [1.807, 2.05) is 0 Å². The van der Waals surface area contributed by atoms with E-state index in [4.69, 9.17) is 5.73 Å². The SMILES string of the molecule is CCC(N)Cc1ccccc1N1CCN(C)CC1. The number of hydrogen-bond donors (Lipinski definition) is 1. The molecule has 2 N–H and O–H groups in total.